The topological polar surface area (TPSA) is 101 Å². The van der Waals surface area contributed by atoms with Crippen molar-refractivity contribution in [3.05, 3.63) is 0 Å². The van der Waals surface area contributed by atoms with Crippen LogP contribution in [0, 0.1) is 0 Å². The Hall–Kier alpha value is -1.99. The first kappa shape index (κ1) is 24.0. The highest BCUT2D eigenvalue weighted by Crippen LogP contribution is 2.09. The Balaban J connectivity index is 4.68. The highest BCUT2D eigenvalue weighted by atomic mass is 16.6. The molecule has 26 heavy (non-hydrogen) atoms. The van der Waals surface area contributed by atoms with Gasteiger partial charge in [-0.1, -0.05) is 0 Å². The van der Waals surface area contributed by atoms with E-state index in [1.807, 2.05) is 62.3 Å². The quantitative estimate of drug-likeness (QED) is 0.375. The van der Waals surface area contributed by atoms with Gasteiger partial charge in [0.05, 0.1) is 5.54 Å². The van der Waals surface area contributed by atoms with Crippen molar-refractivity contribution in [1.29, 1.82) is 0 Å². The molecule has 0 spiro atoms. The van der Waals surface area contributed by atoms with E-state index in [1.165, 1.54) is 0 Å². The number of amides is 1. The molecule has 8 nitrogen and oxygen atoms in total. The van der Waals surface area contributed by atoms with Crippen LogP contribution in [0.15, 0.2) is 4.99 Å². The van der Waals surface area contributed by atoms with Crippen LogP contribution in [0.25, 0.3) is 0 Å². The summed E-state index contributed by atoms with van der Waals surface area (Å²) in [6, 6.07) is 0. The lowest BCUT2D eigenvalue weighted by atomic mass is 10.1. The molecule has 0 bridgehead atoms. The predicted molar refractivity (Wildman–Crippen MR) is 103 cm³/mol. The molecule has 0 aliphatic rings. The fourth-order valence-corrected chi connectivity index (χ4v) is 1.79. The minimum Gasteiger partial charge on any atom is -0.459 e. The first-order chi connectivity index (χ1) is 11.6. The average Bonchev–Trinajstić information content (AvgIpc) is 2.37. The van der Waals surface area contributed by atoms with Crippen LogP contribution in [-0.2, 0) is 14.3 Å². The molecular weight excluding hydrogens is 336 g/mol. The van der Waals surface area contributed by atoms with Crippen molar-refractivity contribution in [3.8, 4) is 0 Å². The van der Waals surface area contributed by atoms with Gasteiger partial charge in [0.15, 0.2) is 5.96 Å². The summed E-state index contributed by atoms with van der Waals surface area (Å²) in [6.45, 7) is 17.4. The molecule has 0 rings (SSSR count). The van der Waals surface area contributed by atoms with Gasteiger partial charge >= 0.3 is 12.1 Å². The SMILES string of the molecule is CCNC(=NCC(=O)OC(C)(C)C)NCC(C)(C)NC(=O)OC(C)(C)C. The Morgan fingerprint density at radius 3 is 1.88 bits per heavy atom. The Labute approximate surface area is 157 Å². The summed E-state index contributed by atoms with van der Waals surface area (Å²) in [5.41, 5.74) is -1.68. The van der Waals surface area contributed by atoms with Gasteiger partial charge in [-0.15, -0.1) is 0 Å². The van der Waals surface area contributed by atoms with Crippen molar-refractivity contribution in [3.63, 3.8) is 0 Å². The first-order valence-electron chi connectivity index (χ1n) is 8.89. The standard InChI is InChI=1S/C18H36N4O4/c1-10-19-14(20-11-13(23)25-16(2,3)4)21-12-18(8,9)22-15(24)26-17(5,6)7/h10-12H2,1-9H3,(H,22,24)(H2,19,20,21). The lowest BCUT2D eigenvalue weighted by Crippen LogP contribution is -2.54. The van der Waals surface area contributed by atoms with Crippen LogP contribution >= 0.6 is 0 Å². The van der Waals surface area contributed by atoms with Crippen LogP contribution < -0.4 is 16.0 Å². The summed E-state index contributed by atoms with van der Waals surface area (Å²) >= 11 is 0. The third-order valence-corrected chi connectivity index (χ3v) is 2.67. The molecule has 0 aliphatic carbocycles. The lowest BCUT2D eigenvalue weighted by molar-refractivity contribution is -0.152. The van der Waals surface area contributed by atoms with Crippen LogP contribution in [0.1, 0.15) is 62.3 Å². The zero-order chi connectivity index (χ0) is 20.6. The average molecular weight is 373 g/mol. The number of nitrogens with one attached hydrogen (secondary N) is 3. The maximum atomic E-state index is 11.9. The third kappa shape index (κ3) is 13.3. The van der Waals surface area contributed by atoms with E-state index in [2.05, 4.69) is 20.9 Å². The van der Waals surface area contributed by atoms with Gasteiger partial charge in [-0.05, 0) is 62.3 Å². The van der Waals surface area contributed by atoms with Crippen molar-refractivity contribution in [2.24, 2.45) is 4.99 Å². The van der Waals surface area contributed by atoms with Crippen molar-refractivity contribution >= 4 is 18.0 Å². The lowest BCUT2D eigenvalue weighted by Gasteiger charge is -2.29. The monoisotopic (exact) mass is 372 g/mol. The number of carbonyl (C=O) groups is 2. The molecule has 0 aliphatic heterocycles. The number of esters is 1. The summed E-state index contributed by atoms with van der Waals surface area (Å²) in [5.74, 6) is 0.0678. The van der Waals surface area contributed by atoms with Gasteiger partial charge in [0, 0.05) is 13.1 Å². The third-order valence-electron chi connectivity index (χ3n) is 2.67. The fraction of sp³-hybridized carbons (Fsp3) is 0.833. The second-order valence-electron chi connectivity index (χ2n) is 8.65. The Kier molecular flexibility index (Phi) is 8.90. The molecule has 0 unspecified atom stereocenters. The number of carbonyl (C=O) groups excluding carboxylic acids is 2. The zero-order valence-corrected chi connectivity index (χ0v) is 17.7. The van der Waals surface area contributed by atoms with E-state index in [0.717, 1.165) is 0 Å². The van der Waals surface area contributed by atoms with Crippen LogP contribution in [0.3, 0.4) is 0 Å². The molecule has 0 aromatic rings. The molecule has 0 fully saturated rings. The highest BCUT2D eigenvalue weighted by molar-refractivity contribution is 5.83. The number of guanidine groups is 1. The van der Waals surface area contributed by atoms with Crippen LogP contribution in [0.4, 0.5) is 4.79 Å². The smallest absolute Gasteiger partial charge is 0.408 e. The van der Waals surface area contributed by atoms with Crippen LogP contribution in [0.5, 0.6) is 0 Å². The Morgan fingerprint density at radius 1 is 0.885 bits per heavy atom. The van der Waals surface area contributed by atoms with E-state index in [4.69, 9.17) is 9.47 Å². The van der Waals surface area contributed by atoms with E-state index in [9.17, 15) is 9.59 Å². The number of hydrogen-bond donors (Lipinski definition) is 3. The van der Waals surface area contributed by atoms with E-state index >= 15 is 0 Å². The minimum atomic E-state index is -0.579. The number of alkyl carbamates (subject to hydrolysis) is 1. The predicted octanol–water partition coefficient (Wildman–Crippen LogP) is 2.19. The largest absolute Gasteiger partial charge is 0.459 e. The van der Waals surface area contributed by atoms with Gasteiger partial charge in [-0.3, -0.25) is 4.79 Å². The highest BCUT2D eigenvalue weighted by Gasteiger charge is 2.25. The van der Waals surface area contributed by atoms with E-state index in [-0.39, 0.29) is 6.54 Å². The summed E-state index contributed by atoms with van der Waals surface area (Å²) in [6.07, 6.45) is -0.486. The fourth-order valence-electron chi connectivity index (χ4n) is 1.79. The summed E-state index contributed by atoms with van der Waals surface area (Å²) in [7, 11) is 0. The normalized spacial score (nSPS) is 13.0. The van der Waals surface area contributed by atoms with E-state index in [1.54, 1.807) is 0 Å². The molecule has 0 atom stereocenters. The van der Waals surface area contributed by atoms with Crippen molar-refractivity contribution in [2.45, 2.75) is 79.1 Å². The molecule has 0 heterocycles. The number of aliphatic imine (C=N–C) groups is 1. The van der Waals surface area contributed by atoms with Gasteiger partial charge in [0.25, 0.3) is 0 Å². The number of ether oxygens (including phenoxy) is 2. The van der Waals surface area contributed by atoms with Crippen molar-refractivity contribution in [1.82, 2.24) is 16.0 Å². The number of rotatable bonds is 6. The molecule has 0 aromatic heterocycles. The molecule has 0 radical (unpaired) electrons. The molecule has 0 saturated carbocycles. The first-order valence-corrected chi connectivity index (χ1v) is 8.89. The van der Waals surface area contributed by atoms with Gasteiger partial charge in [-0.25, -0.2) is 9.79 Å². The second-order valence-corrected chi connectivity index (χ2v) is 8.65. The Bertz CT molecular complexity index is 502. The molecule has 0 aromatic carbocycles. The molecule has 8 heteroatoms. The van der Waals surface area contributed by atoms with Crippen LogP contribution in [-0.4, -0.2) is 54.4 Å². The molecular formula is C18H36N4O4. The molecule has 3 N–H and O–H groups in total. The van der Waals surface area contributed by atoms with Gasteiger partial charge < -0.3 is 25.4 Å². The maximum absolute atomic E-state index is 11.9. The minimum absolute atomic E-state index is 0.0907. The van der Waals surface area contributed by atoms with Crippen molar-refractivity contribution < 1.29 is 19.1 Å². The summed E-state index contributed by atoms with van der Waals surface area (Å²) in [5, 5.41) is 8.97. The van der Waals surface area contributed by atoms with Gasteiger partial charge in [0.1, 0.15) is 17.7 Å². The van der Waals surface area contributed by atoms with Gasteiger partial charge in [0.2, 0.25) is 0 Å². The summed E-state index contributed by atoms with van der Waals surface area (Å²) in [4.78, 5) is 27.9. The van der Waals surface area contributed by atoms with Crippen LogP contribution in [0.2, 0.25) is 0 Å². The maximum Gasteiger partial charge on any atom is 0.408 e. The molecule has 1 amide bonds. The van der Waals surface area contributed by atoms with E-state index in [0.29, 0.717) is 19.0 Å². The number of nitrogens with zero attached hydrogens (tertiary/aromatic N) is 1. The zero-order valence-electron chi connectivity index (χ0n) is 17.7. The van der Waals surface area contributed by atoms with Crippen molar-refractivity contribution in [2.75, 3.05) is 19.6 Å². The van der Waals surface area contributed by atoms with Gasteiger partial charge in [-0.2, -0.15) is 0 Å². The summed E-state index contributed by atoms with van der Waals surface area (Å²) < 4.78 is 10.5. The number of hydrogen-bond acceptors (Lipinski definition) is 5. The molecule has 0 saturated heterocycles. The second kappa shape index (κ2) is 9.64. The Morgan fingerprint density at radius 2 is 1.42 bits per heavy atom. The molecule has 152 valence electrons. The van der Waals surface area contributed by atoms with E-state index < -0.39 is 28.8 Å².